The van der Waals surface area contributed by atoms with E-state index in [0.29, 0.717) is 32.1 Å². The van der Waals surface area contributed by atoms with E-state index in [2.05, 4.69) is 13.0 Å². The third kappa shape index (κ3) is 10.2. The number of ether oxygens (including phenoxy) is 4. The molecule has 1 aromatic rings. The lowest BCUT2D eigenvalue weighted by Gasteiger charge is -2.45. The molecule has 51 heavy (non-hydrogen) atoms. The van der Waals surface area contributed by atoms with Crippen molar-refractivity contribution in [3.05, 3.63) is 77.9 Å². The fraction of sp³-hybridized carbons (Fsp3) is 0.561. The number of aliphatic hydroxyl groups excluding tert-OH is 1. The average Bonchev–Trinajstić information content (AvgIpc) is 3.14. The Morgan fingerprint density at radius 1 is 0.980 bits per heavy atom. The molecule has 4 unspecified atom stereocenters. The van der Waals surface area contributed by atoms with Gasteiger partial charge in [-0.25, -0.2) is 4.79 Å². The van der Waals surface area contributed by atoms with Crippen molar-refractivity contribution in [1.82, 2.24) is 4.90 Å². The highest BCUT2D eigenvalue weighted by atomic mass is 16.5. The molecule has 10 atom stereocenters. The van der Waals surface area contributed by atoms with E-state index in [4.69, 9.17) is 18.9 Å². The van der Waals surface area contributed by atoms with Gasteiger partial charge in [0.25, 0.3) is 11.7 Å². The van der Waals surface area contributed by atoms with Crippen LogP contribution in [0.1, 0.15) is 65.4 Å². The van der Waals surface area contributed by atoms with E-state index in [0.717, 1.165) is 11.1 Å². The lowest BCUT2D eigenvalue weighted by molar-refractivity contribution is -0.195. The van der Waals surface area contributed by atoms with Crippen LogP contribution in [0.25, 0.3) is 6.08 Å². The van der Waals surface area contributed by atoms with Crippen LogP contribution in [0.3, 0.4) is 0 Å². The molecule has 0 saturated carbocycles. The highest BCUT2D eigenvalue weighted by Crippen LogP contribution is 2.38. The van der Waals surface area contributed by atoms with Crippen molar-refractivity contribution in [3.63, 3.8) is 0 Å². The van der Waals surface area contributed by atoms with Gasteiger partial charge in [-0.1, -0.05) is 87.6 Å². The molecule has 2 heterocycles. The molecule has 1 N–H and O–H groups in total. The molecule has 278 valence electrons. The van der Waals surface area contributed by atoms with Crippen LogP contribution in [-0.4, -0.2) is 97.4 Å². The number of esters is 1. The molecule has 10 heteroatoms. The summed E-state index contributed by atoms with van der Waals surface area (Å²) < 4.78 is 23.9. The number of carbonyl (C=O) groups is 4. The van der Waals surface area contributed by atoms with Crippen molar-refractivity contribution >= 4 is 29.5 Å². The third-order valence-electron chi connectivity index (χ3n) is 10.4. The number of nitrogens with zero attached hydrogens (tertiary/aromatic N) is 1. The van der Waals surface area contributed by atoms with Crippen LogP contribution < -0.4 is 0 Å². The number of allylic oxidation sites excluding steroid dienone is 5. The van der Waals surface area contributed by atoms with Crippen molar-refractivity contribution in [3.8, 4) is 0 Å². The van der Waals surface area contributed by atoms with Gasteiger partial charge in [0.15, 0.2) is 11.9 Å². The van der Waals surface area contributed by atoms with Crippen LogP contribution in [0.15, 0.2) is 72.4 Å². The molecule has 0 radical (unpaired) electrons. The van der Waals surface area contributed by atoms with Crippen LogP contribution in [0.2, 0.25) is 0 Å². The highest BCUT2D eigenvalue weighted by molar-refractivity contribution is 6.38. The van der Waals surface area contributed by atoms with E-state index in [1.165, 1.54) is 12.0 Å². The fourth-order valence-electron chi connectivity index (χ4n) is 7.56. The van der Waals surface area contributed by atoms with Gasteiger partial charge in [-0.05, 0) is 68.1 Å². The number of Topliss-reactive ketones (excluding diaryl/α,β-unsaturated/α-hetero) is 2. The molecule has 2 saturated heterocycles. The summed E-state index contributed by atoms with van der Waals surface area (Å²) >= 11 is 0. The summed E-state index contributed by atoms with van der Waals surface area (Å²) in [6, 6.07) is 8.66. The largest absolute Gasteiger partial charge is 0.460 e. The highest BCUT2D eigenvalue weighted by Gasteiger charge is 2.51. The molecule has 1 amide bonds. The Bertz CT molecular complexity index is 1470. The number of piperidine rings is 1. The maximum absolute atomic E-state index is 14.1. The zero-order valence-electron chi connectivity index (χ0n) is 30.8. The number of carbonyl (C=O) groups excluding carboxylic acids is 4. The molecule has 0 aromatic heterocycles. The number of hydrogen-bond acceptors (Lipinski definition) is 9. The van der Waals surface area contributed by atoms with Crippen molar-refractivity contribution in [2.75, 3.05) is 27.4 Å². The number of methoxy groups -OCH3 is 2. The summed E-state index contributed by atoms with van der Waals surface area (Å²) in [6.07, 6.45) is 10.7. The summed E-state index contributed by atoms with van der Waals surface area (Å²) in [5, 5.41) is 11.3. The van der Waals surface area contributed by atoms with Crippen molar-refractivity contribution in [2.45, 2.75) is 96.4 Å². The quantitative estimate of drug-likeness (QED) is 0.269. The second-order valence-electron chi connectivity index (χ2n) is 14.2. The Kier molecular flexibility index (Phi) is 15.1. The average molecular weight is 706 g/mol. The van der Waals surface area contributed by atoms with Crippen LogP contribution in [-0.2, 0) is 38.1 Å². The summed E-state index contributed by atoms with van der Waals surface area (Å²) in [6.45, 7) is 7.85. The molecule has 0 spiro atoms. The fourth-order valence-corrected chi connectivity index (χ4v) is 7.56. The van der Waals surface area contributed by atoms with E-state index in [1.54, 1.807) is 20.1 Å². The first-order valence-electron chi connectivity index (χ1n) is 18.2. The molecule has 3 aliphatic rings. The molecule has 2 aliphatic heterocycles. The molecule has 0 bridgehead atoms. The Labute approximate surface area is 302 Å². The summed E-state index contributed by atoms with van der Waals surface area (Å²) in [7, 11) is 3.04. The minimum Gasteiger partial charge on any atom is -0.460 e. The number of hydrogen-bond donors (Lipinski definition) is 1. The molecule has 2 fully saturated rings. The first kappa shape index (κ1) is 40.1. The summed E-state index contributed by atoms with van der Waals surface area (Å²) in [5.41, 5.74) is 1.78. The predicted octanol–water partition coefficient (Wildman–Crippen LogP) is 5.30. The Morgan fingerprint density at radius 2 is 1.71 bits per heavy atom. The smallest absolute Gasteiger partial charge is 0.329 e. The number of ketones is 2. The minimum atomic E-state index is -1.51. The third-order valence-corrected chi connectivity index (χ3v) is 10.4. The summed E-state index contributed by atoms with van der Waals surface area (Å²) in [5.74, 6) is -3.92. The van der Waals surface area contributed by atoms with Gasteiger partial charge >= 0.3 is 5.97 Å². The van der Waals surface area contributed by atoms with E-state index >= 15 is 0 Å². The van der Waals surface area contributed by atoms with E-state index in [-0.39, 0.29) is 30.8 Å². The van der Waals surface area contributed by atoms with Gasteiger partial charge in [0, 0.05) is 32.6 Å². The van der Waals surface area contributed by atoms with Crippen LogP contribution in [0.5, 0.6) is 0 Å². The molecule has 10 nitrogen and oxygen atoms in total. The SMILES string of the molecule is COC1C(=O)[C@@H](C)C[C@H](C)\C=C/C=C/C=C(\C)[C@H](OC)C1[C@@H]1CC(C)[C@@H](O)[C@H](C(=O)C(=O)N2CCCCC2C(=O)OC/C=C/c2ccccc2)O1. The first-order chi connectivity index (χ1) is 24.5. The lowest BCUT2D eigenvalue weighted by atomic mass is 9.75. The molecular weight excluding hydrogens is 650 g/mol. The normalized spacial score (nSPS) is 34.7. The van der Waals surface area contributed by atoms with Crippen LogP contribution in [0, 0.1) is 23.7 Å². The molecule has 1 aromatic carbocycles. The topological polar surface area (TPSA) is 129 Å². The predicted molar refractivity (Wildman–Crippen MR) is 194 cm³/mol. The molecule has 1 aliphatic carbocycles. The van der Waals surface area contributed by atoms with E-state index in [1.807, 2.05) is 74.6 Å². The van der Waals surface area contributed by atoms with Crippen LogP contribution in [0.4, 0.5) is 0 Å². The second-order valence-corrected chi connectivity index (χ2v) is 14.2. The lowest BCUT2D eigenvalue weighted by Crippen LogP contribution is -2.59. The maximum Gasteiger partial charge on any atom is 0.329 e. The van der Waals surface area contributed by atoms with E-state index < -0.39 is 66.1 Å². The molecule has 4 rings (SSSR count). The van der Waals surface area contributed by atoms with Gasteiger partial charge in [-0.3, -0.25) is 14.4 Å². The first-order valence-corrected chi connectivity index (χ1v) is 18.2. The number of likely N-dealkylation sites (tertiary alicyclic amines) is 1. The zero-order chi connectivity index (χ0) is 37.1. The maximum atomic E-state index is 14.1. The van der Waals surface area contributed by atoms with Crippen molar-refractivity contribution in [1.29, 1.82) is 0 Å². The van der Waals surface area contributed by atoms with Crippen molar-refractivity contribution in [2.24, 2.45) is 23.7 Å². The monoisotopic (exact) mass is 705 g/mol. The zero-order valence-corrected chi connectivity index (χ0v) is 30.8. The number of amides is 1. The van der Waals surface area contributed by atoms with Gasteiger partial charge < -0.3 is 29.0 Å². The van der Waals surface area contributed by atoms with Crippen molar-refractivity contribution < 1.29 is 43.2 Å². The minimum absolute atomic E-state index is 0.0169. The Morgan fingerprint density at radius 3 is 2.41 bits per heavy atom. The van der Waals surface area contributed by atoms with Gasteiger partial charge in [0.05, 0.1) is 18.3 Å². The second kappa shape index (κ2) is 19.2. The van der Waals surface area contributed by atoms with Gasteiger partial charge in [0.1, 0.15) is 18.8 Å². The van der Waals surface area contributed by atoms with Gasteiger partial charge in [-0.2, -0.15) is 0 Å². The Hall–Kier alpha value is -3.70. The number of aliphatic hydroxyl groups is 1. The van der Waals surface area contributed by atoms with Crippen LogP contribution >= 0.6 is 0 Å². The molecular formula is C41H55NO9. The Balaban J connectivity index is 1.58. The number of benzene rings is 1. The number of rotatable bonds is 9. The van der Waals surface area contributed by atoms with Gasteiger partial charge in [0.2, 0.25) is 0 Å². The van der Waals surface area contributed by atoms with Gasteiger partial charge in [-0.15, -0.1) is 0 Å². The summed E-state index contributed by atoms with van der Waals surface area (Å²) in [4.78, 5) is 56.5. The standard InChI is InChI=1S/C41H55NO9/c1-26-16-9-7-10-17-27(2)37(48-5)33(38(49-6)34(43)28(3)24-26)32-25-29(4)35(44)39(51-32)36(45)40(46)42-22-14-13-21-31(42)41(47)50-23-15-20-30-18-11-8-12-19-30/h7-12,15-20,26,28-29,31-33,35,37-39,44H,13-14,21-25H2,1-6H3/b10-7+,16-9-,20-15+,27-17+/t26-,28+,29?,31?,32+,33?,35-,37+,38?,39-/m1/s1. The van der Waals surface area contributed by atoms with E-state index in [9.17, 15) is 24.3 Å².